The Balaban J connectivity index is 0.00000162. The zero-order chi connectivity index (χ0) is 12.4. The molecule has 0 amide bonds. The summed E-state index contributed by atoms with van der Waals surface area (Å²) in [4.78, 5) is 3.98. The zero-order valence-corrected chi connectivity index (χ0v) is 11.6. The van der Waals surface area contributed by atoms with Crippen molar-refractivity contribution in [1.82, 2.24) is 4.98 Å². The molecule has 0 aliphatic rings. The van der Waals surface area contributed by atoms with Crippen LogP contribution in [0.3, 0.4) is 0 Å². The van der Waals surface area contributed by atoms with Gasteiger partial charge in [0.15, 0.2) is 11.1 Å². The molecular formula is C10H8BrFNNaO2S2. The van der Waals surface area contributed by atoms with Crippen LogP contribution in [-0.2, 0) is 17.5 Å². The summed E-state index contributed by atoms with van der Waals surface area (Å²) in [6, 6.07) is 4.79. The molecule has 18 heavy (non-hydrogen) atoms. The minimum absolute atomic E-state index is 0. The van der Waals surface area contributed by atoms with E-state index in [4.69, 9.17) is 4.55 Å². The summed E-state index contributed by atoms with van der Waals surface area (Å²) in [6.07, 6.45) is 1.66. The number of halogens is 2. The molecule has 1 atom stereocenters. The first-order valence-electron chi connectivity index (χ1n) is 4.56. The molecule has 1 aromatic heterocycles. The van der Waals surface area contributed by atoms with Gasteiger partial charge < -0.3 is 4.55 Å². The molecule has 0 fully saturated rings. The molecule has 2 aromatic rings. The minimum atomic E-state index is -2.02. The molecule has 0 aliphatic heterocycles. The van der Waals surface area contributed by atoms with Gasteiger partial charge in [-0.15, -0.1) is 11.3 Å². The normalized spacial score (nSPS) is 11.9. The van der Waals surface area contributed by atoms with E-state index in [1.807, 2.05) is 0 Å². The Bertz CT molecular complexity index is 579. The van der Waals surface area contributed by atoms with Gasteiger partial charge in [0.2, 0.25) is 0 Å². The second-order valence-electron chi connectivity index (χ2n) is 3.23. The molecular weight excluding hydrogens is 352 g/mol. The van der Waals surface area contributed by atoms with E-state index in [0.29, 0.717) is 21.5 Å². The summed E-state index contributed by atoms with van der Waals surface area (Å²) in [5.41, 5.74) is 0.512. The monoisotopic (exact) mass is 359 g/mol. The topological polar surface area (TPSA) is 50.2 Å². The molecule has 0 saturated carbocycles. The third-order valence-corrected chi connectivity index (χ3v) is 4.47. The first-order chi connectivity index (χ1) is 8.06. The van der Waals surface area contributed by atoms with Crippen molar-refractivity contribution in [3.05, 3.63) is 45.3 Å². The number of thiazole rings is 1. The fourth-order valence-corrected chi connectivity index (χ4v) is 3.00. The number of hydrogen-bond acceptors (Lipinski definition) is 3. The second-order valence-corrected chi connectivity index (χ2v) is 6.46. The summed E-state index contributed by atoms with van der Waals surface area (Å²) < 4.78 is 34.1. The Labute approximate surface area is 141 Å². The van der Waals surface area contributed by atoms with E-state index in [1.165, 1.54) is 12.3 Å². The summed E-state index contributed by atoms with van der Waals surface area (Å²) in [5, 5.41) is 0.614. The van der Waals surface area contributed by atoms with Gasteiger partial charge in [-0.2, -0.15) is 0 Å². The summed E-state index contributed by atoms with van der Waals surface area (Å²) in [5.74, 6) is -0.318. The van der Waals surface area contributed by atoms with Crippen molar-refractivity contribution in [2.45, 2.75) is 10.6 Å². The predicted molar refractivity (Wildman–Crippen MR) is 75.2 cm³/mol. The van der Waals surface area contributed by atoms with Crippen LogP contribution < -0.4 is 0 Å². The fraction of sp³-hybridized carbons (Fsp3) is 0.100. The van der Waals surface area contributed by atoms with Crippen LogP contribution >= 0.6 is 27.3 Å². The van der Waals surface area contributed by atoms with E-state index in [1.54, 1.807) is 12.1 Å². The summed E-state index contributed by atoms with van der Waals surface area (Å²) in [7, 11) is 0. The van der Waals surface area contributed by atoms with E-state index >= 15 is 0 Å². The number of hydrogen-bond donors (Lipinski definition) is 1. The molecule has 1 unspecified atom stereocenters. The van der Waals surface area contributed by atoms with Crippen molar-refractivity contribution in [3.63, 3.8) is 0 Å². The molecule has 0 bridgehead atoms. The Hall–Kier alpha value is 0.370. The van der Waals surface area contributed by atoms with Crippen LogP contribution in [0, 0.1) is 5.82 Å². The van der Waals surface area contributed by atoms with E-state index in [2.05, 4.69) is 20.9 Å². The van der Waals surface area contributed by atoms with Crippen LogP contribution in [0.5, 0.6) is 0 Å². The van der Waals surface area contributed by atoms with Gasteiger partial charge in [0.05, 0.1) is 11.2 Å². The van der Waals surface area contributed by atoms with Gasteiger partial charge in [-0.1, -0.05) is 22.0 Å². The van der Waals surface area contributed by atoms with Gasteiger partial charge in [-0.25, -0.2) is 13.6 Å². The SMILES string of the molecule is O=S(O)c1cnc(Cc2ccc(Br)cc2F)s1.[NaH]. The average molecular weight is 360 g/mol. The molecule has 8 heteroatoms. The molecule has 92 valence electrons. The number of aromatic nitrogens is 1. The van der Waals surface area contributed by atoms with E-state index in [-0.39, 0.29) is 39.6 Å². The van der Waals surface area contributed by atoms with Gasteiger partial charge in [0.25, 0.3) is 0 Å². The second kappa shape index (κ2) is 7.23. The molecule has 0 radical (unpaired) electrons. The quantitative estimate of drug-likeness (QED) is 0.676. The molecule has 1 aromatic carbocycles. The van der Waals surface area contributed by atoms with Crippen LogP contribution in [0.2, 0.25) is 0 Å². The first-order valence-corrected chi connectivity index (χ1v) is 7.27. The third-order valence-electron chi connectivity index (χ3n) is 2.06. The van der Waals surface area contributed by atoms with Gasteiger partial charge >= 0.3 is 29.6 Å². The van der Waals surface area contributed by atoms with Crippen LogP contribution in [0.1, 0.15) is 10.6 Å². The van der Waals surface area contributed by atoms with Gasteiger partial charge in [0.1, 0.15) is 10.0 Å². The Morgan fingerprint density at radius 2 is 2.22 bits per heavy atom. The van der Waals surface area contributed by atoms with Gasteiger partial charge in [-0.05, 0) is 17.7 Å². The first kappa shape index (κ1) is 16.4. The van der Waals surface area contributed by atoms with Crippen molar-refractivity contribution >= 4 is 67.9 Å². The molecule has 2 rings (SSSR count). The van der Waals surface area contributed by atoms with Gasteiger partial charge in [-0.3, -0.25) is 0 Å². The Kier molecular flexibility index (Phi) is 6.60. The molecule has 0 aliphatic carbocycles. The van der Waals surface area contributed by atoms with Crippen molar-refractivity contribution in [3.8, 4) is 0 Å². The molecule has 1 heterocycles. The van der Waals surface area contributed by atoms with Crippen molar-refractivity contribution in [2.24, 2.45) is 0 Å². The fourth-order valence-electron chi connectivity index (χ4n) is 1.28. The number of nitrogens with zero attached hydrogens (tertiary/aromatic N) is 1. The van der Waals surface area contributed by atoms with Crippen LogP contribution in [0.4, 0.5) is 4.39 Å². The standard InChI is InChI=1S/C10H7BrFNO2S2.Na.H/c11-7-2-1-6(8(12)4-7)3-9-13-5-10(16-9)17(14)15;;/h1-2,4-5H,3H2,(H,14,15);;. The van der Waals surface area contributed by atoms with E-state index < -0.39 is 11.1 Å². The molecule has 1 N–H and O–H groups in total. The molecule has 0 spiro atoms. The summed E-state index contributed by atoms with van der Waals surface area (Å²) >= 11 is 2.27. The van der Waals surface area contributed by atoms with Crippen molar-refractivity contribution in [1.29, 1.82) is 0 Å². The van der Waals surface area contributed by atoms with Gasteiger partial charge in [0, 0.05) is 10.9 Å². The average Bonchev–Trinajstić information content (AvgIpc) is 2.71. The molecule has 0 saturated heterocycles. The summed E-state index contributed by atoms with van der Waals surface area (Å²) in [6.45, 7) is 0. The zero-order valence-electron chi connectivity index (χ0n) is 8.39. The van der Waals surface area contributed by atoms with Crippen LogP contribution in [0.25, 0.3) is 0 Å². The third kappa shape index (κ3) is 4.19. The number of benzene rings is 1. The van der Waals surface area contributed by atoms with Crippen LogP contribution in [-0.4, -0.2) is 43.3 Å². The van der Waals surface area contributed by atoms with Crippen molar-refractivity contribution < 1.29 is 13.2 Å². The van der Waals surface area contributed by atoms with E-state index in [0.717, 1.165) is 11.3 Å². The maximum absolute atomic E-state index is 13.5. The van der Waals surface area contributed by atoms with Crippen molar-refractivity contribution in [2.75, 3.05) is 0 Å². The predicted octanol–water partition coefficient (Wildman–Crippen LogP) is 2.57. The Morgan fingerprint density at radius 3 is 2.78 bits per heavy atom. The molecule has 3 nitrogen and oxygen atoms in total. The Morgan fingerprint density at radius 1 is 1.50 bits per heavy atom. The maximum atomic E-state index is 13.5. The number of rotatable bonds is 3. The van der Waals surface area contributed by atoms with Crippen LogP contribution in [0.15, 0.2) is 33.1 Å². The van der Waals surface area contributed by atoms with E-state index in [9.17, 15) is 8.60 Å².